The predicted octanol–water partition coefficient (Wildman–Crippen LogP) is 5.08. The molecule has 0 radical (unpaired) electrons. The van der Waals surface area contributed by atoms with Crippen LogP contribution in [0.1, 0.15) is 61.4 Å². The van der Waals surface area contributed by atoms with E-state index in [1.54, 1.807) is 24.3 Å². The van der Waals surface area contributed by atoms with Crippen LogP contribution < -0.4 is 0 Å². The molecule has 2 aromatic heterocycles. The Morgan fingerprint density at radius 2 is 1.85 bits per heavy atom. The Kier molecular flexibility index (Phi) is 8.04. The van der Waals surface area contributed by atoms with Crippen LogP contribution in [0, 0.1) is 23.6 Å². The smallest absolute Gasteiger partial charge is 0.256 e. The van der Waals surface area contributed by atoms with Crippen molar-refractivity contribution in [3.8, 4) is 5.69 Å². The molecule has 220 valence electrons. The fourth-order valence-electron chi connectivity index (χ4n) is 7.45. The third-order valence-corrected chi connectivity index (χ3v) is 11.0. The number of nitrogens with zero attached hydrogens (tertiary/aromatic N) is 5. The molecule has 7 nitrogen and oxygen atoms in total. The SMILES string of the molecule is CC(C)N(C)C(=O)c1cc(F)ccc1-n1cc(C2CC3CN(CC4CCN(S(C)=O)CC4)CC3C2)c2ccncc21. The van der Waals surface area contributed by atoms with Gasteiger partial charge in [0.15, 0.2) is 0 Å². The summed E-state index contributed by atoms with van der Waals surface area (Å²) < 4.78 is 30.3. The van der Waals surface area contributed by atoms with Crippen molar-refractivity contribution in [1.82, 2.24) is 23.7 Å². The Morgan fingerprint density at radius 1 is 1.15 bits per heavy atom. The van der Waals surface area contributed by atoms with Gasteiger partial charge in [-0.25, -0.2) is 12.9 Å². The zero-order valence-corrected chi connectivity index (χ0v) is 25.4. The molecular weight excluding hydrogens is 537 g/mol. The number of rotatable bonds is 7. The van der Waals surface area contributed by atoms with Gasteiger partial charge in [0.1, 0.15) is 5.82 Å². The second-order valence-electron chi connectivity index (χ2n) is 12.7. The molecule has 3 unspecified atom stereocenters. The van der Waals surface area contributed by atoms with Gasteiger partial charge in [-0.05, 0) is 93.0 Å². The quantitative estimate of drug-likeness (QED) is 0.392. The largest absolute Gasteiger partial charge is 0.339 e. The summed E-state index contributed by atoms with van der Waals surface area (Å²) in [6.07, 6.45) is 12.3. The molecule has 0 N–H and O–H groups in total. The Hall–Kier alpha value is -2.62. The van der Waals surface area contributed by atoms with Crippen molar-refractivity contribution in [3.05, 3.63) is 59.8 Å². The van der Waals surface area contributed by atoms with Crippen LogP contribution in [0.3, 0.4) is 0 Å². The van der Waals surface area contributed by atoms with Gasteiger partial charge in [0.2, 0.25) is 0 Å². The number of piperidine rings is 1. The second-order valence-corrected chi connectivity index (χ2v) is 14.1. The molecule has 4 heterocycles. The summed E-state index contributed by atoms with van der Waals surface area (Å²) in [6.45, 7) is 9.31. The maximum absolute atomic E-state index is 14.4. The number of carbonyl (C=O) groups is 1. The molecule has 0 bridgehead atoms. The number of halogens is 1. The van der Waals surface area contributed by atoms with Crippen LogP contribution in [-0.2, 0) is 11.0 Å². The molecule has 3 fully saturated rings. The summed E-state index contributed by atoms with van der Waals surface area (Å²) in [5.74, 6) is 1.96. The minimum Gasteiger partial charge on any atom is -0.339 e. The molecule has 1 aliphatic carbocycles. The molecule has 9 heteroatoms. The Labute approximate surface area is 245 Å². The predicted molar refractivity (Wildman–Crippen MR) is 162 cm³/mol. The van der Waals surface area contributed by atoms with Crippen LogP contribution in [-0.4, -0.2) is 85.8 Å². The van der Waals surface area contributed by atoms with E-state index in [0.717, 1.165) is 31.4 Å². The molecular formula is C32H42FN5O2S. The summed E-state index contributed by atoms with van der Waals surface area (Å²) in [5.41, 5.74) is 3.32. The first-order chi connectivity index (χ1) is 19.7. The standard InChI is InChI=1S/C32H42FN5O2S/c1-21(2)35(3)32(39)28-15-26(33)5-6-30(28)38-20-29(27-7-10-34-16-31(27)38)23-13-24-18-36(19-25(24)14-23)17-22-8-11-37(12-9-22)41(4)40/h5-7,10,15-16,20-25H,8-9,11-14,17-19H2,1-4H3. The number of fused-ring (bicyclic) bond motifs is 2. The molecule has 1 saturated carbocycles. The molecule has 3 aliphatic rings. The number of benzene rings is 1. The minimum atomic E-state index is -0.848. The highest BCUT2D eigenvalue weighted by molar-refractivity contribution is 7.81. The number of pyridine rings is 1. The third kappa shape index (κ3) is 5.60. The van der Waals surface area contributed by atoms with Gasteiger partial charge in [-0.2, -0.15) is 0 Å². The Balaban J connectivity index is 1.21. The normalized spacial score (nSPS) is 24.8. The van der Waals surface area contributed by atoms with Crippen LogP contribution in [0.25, 0.3) is 16.6 Å². The summed E-state index contributed by atoms with van der Waals surface area (Å²) in [7, 11) is 0.915. The fourth-order valence-corrected chi connectivity index (χ4v) is 8.18. The number of likely N-dealkylation sites (tertiary alicyclic amines) is 1. The van der Waals surface area contributed by atoms with Crippen molar-refractivity contribution in [1.29, 1.82) is 0 Å². The van der Waals surface area contributed by atoms with Crippen LogP contribution in [0.15, 0.2) is 42.9 Å². The lowest BCUT2D eigenvalue weighted by atomic mass is 9.95. The third-order valence-electron chi connectivity index (χ3n) is 9.90. The summed E-state index contributed by atoms with van der Waals surface area (Å²) in [6, 6.07) is 6.60. The van der Waals surface area contributed by atoms with Crippen LogP contribution in [0.4, 0.5) is 4.39 Å². The Bertz CT molecular complexity index is 1440. The van der Waals surface area contributed by atoms with Crippen molar-refractivity contribution in [2.75, 3.05) is 46.0 Å². The molecule has 3 atom stereocenters. The van der Waals surface area contributed by atoms with Gasteiger partial charge in [0.25, 0.3) is 5.91 Å². The van der Waals surface area contributed by atoms with Gasteiger partial charge in [-0.15, -0.1) is 0 Å². The van der Waals surface area contributed by atoms with Crippen LogP contribution in [0.2, 0.25) is 0 Å². The maximum atomic E-state index is 14.4. The summed E-state index contributed by atoms with van der Waals surface area (Å²) >= 11 is 0. The van der Waals surface area contributed by atoms with E-state index < -0.39 is 16.8 Å². The molecule has 41 heavy (non-hydrogen) atoms. The van der Waals surface area contributed by atoms with Crippen molar-refractivity contribution >= 4 is 27.8 Å². The lowest BCUT2D eigenvalue weighted by Crippen LogP contribution is -2.39. The van der Waals surface area contributed by atoms with Gasteiger partial charge in [-0.3, -0.25) is 9.78 Å². The van der Waals surface area contributed by atoms with E-state index in [-0.39, 0.29) is 11.9 Å². The van der Waals surface area contributed by atoms with E-state index in [1.807, 2.05) is 26.2 Å². The van der Waals surface area contributed by atoms with Gasteiger partial charge in [0, 0.05) is 69.8 Å². The van der Waals surface area contributed by atoms with Crippen molar-refractivity contribution in [2.45, 2.75) is 51.5 Å². The molecule has 2 aliphatic heterocycles. The molecule has 2 saturated heterocycles. The number of carbonyl (C=O) groups excluding carboxylic acids is 1. The average molecular weight is 580 g/mol. The first kappa shape index (κ1) is 28.5. The van der Waals surface area contributed by atoms with Crippen molar-refractivity contribution < 1.29 is 13.4 Å². The van der Waals surface area contributed by atoms with Gasteiger partial charge in [0.05, 0.1) is 33.9 Å². The van der Waals surface area contributed by atoms with Crippen LogP contribution >= 0.6 is 0 Å². The van der Waals surface area contributed by atoms with E-state index in [9.17, 15) is 13.4 Å². The zero-order valence-electron chi connectivity index (χ0n) is 24.6. The van der Waals surface area contributed by atoms with Gasteiger partial charge in [-0.1, -0.05) is 0 Å². The number of hydrogen-bond donors (Lipinski definition) is 0. The summed E-state index contributed by atoms with van der Waals surface area (Å²) in [4.78, 5) is 22.1. The highest BCUT2D eigenvalue weighted by Crippen LogP contribution is 2.48. The number of amides is 1. The van der Waals surface area contributed by atoms with E-state index in [4.69, 9.17) is 0 Å². The molecule has 3 aromatic rings. The Morgan fingerprint density at radius 3 is 2.51 bits per heavy atom. The fraction of sp³-hybridized carbons (Fsp3) is 0.562. The molecule has 6 rings (SSSR count). The first-order valence-electron chi connectivity index (χ1n) is 15.0. The van der Waals surface area contributed by atoms with Crippen LogP contribution in [0.5, 0.6) is 0 Å². The lowest BCUT2D eigenvalue weighted by Gasteiger charge is -2.32. The van der Waals surface area contributed by atoms with E-state index in [0.29, 0.717) is 34.9 Å². The molecule has 1 amide bonds. The lowest BCUT2D eigenvalue weighted by molar-refractivity contribution is 0.0754. The molecule has 0 spiro atoms. The number of hydrogen-bond acceptors (Lipinski definition) is 4. The van der Waals surface area contributed by atoms with Gasteiger partial charge < -0.3 is 14.4 Å². The number of aromatic nitrogens is 2. The first-order valence-corrected chi connectivity index (χ1v) is 16.5. The average Bonchev–Trinajstić information content (AvgIpc) is 3.64. The van der Waals surface area contributed by atoms with Crippen molar-refractivity contribution in [2.24, 2.45) is 17.8 Å². The minimum absolute atomic E-state index is 0.00407. The van der Waals surface area contributed by atoms with Crippen molar-refractivity contribution in [3.63, 3.8) is 0 Å². The highest BCUT2D eigenvalue weighted by Gasteiger charge is 2.42. The van der Waals surface area contributed by atoms with E-state index in [2.05, 4.69) is 31.0 Å². The van der Waals surface area contributed by atoms with Gasteiger partial charge >= 0.3 is 0 Å². The zero-order chi connectivity index (χ0) is 28.8. The maximum Gasteiger partial charge on any atom is 0.256 e. The monoisotopic (exact) mass is 579 g/mol. The topological polar surface area (TPSA) is 61.7 Å². The molecule has 1 aromatic carbocycles. The van der Waals surface area contributed by atoms with E-state index in [1.165, 1.54) is 55.6 Å². The summed E-state index contributed by atoms with van der Waals surface area (Å²) in [5, 5.41) is 1.17. The second kappa shape index (κ2) is 11.6. The van der Waals surface area contributed by atoms with E-state index >= 15 is 0 Å². The highest BCUT2D eigenvalue weighted by atomic mass is 32.2.